The van der Waals surface area contributed by atoms with E-state index in [9.17, 15) is 0 Å². The van der Waals surface area contributed by atoms with Gasteiger partial charge in [-0.3, -0.25) is 0 Å². The Morgan fingerprint density at radius 3 is 2.75 bits per heavy atom. The molecule has 0 fully saturated rings. The molecule has 0 aromatic heterocycles. The van der Waals surface area contributed by atoms with Crippen LogP contribution in [0.25, 0.3) is 0 Å². The van der Waals surface area contributed by atoms with Gasteiger partial charge in [0.25, 0.3) is 0 Å². The van der Waals surface area contributed by atoms with E-state index in [0.29, 0.717) is 0 Å². The Kier molecular flexibility index (Phi) is 1.74. The van der Waals surface area contributed by atoms with Crippen molar-refractivity contribution in [1.29, 1.82) is 0 Å². The summed E-state index contributed by atoms with van der Waals surface area (Å²) in [6.45, 7) is 2.04. The van der Waals surface area contributed by atoms with Gasteiger partial charge < -0.3 is 0 Å². The zero-order chi connectivity index (χ0) is 5.98. The van der Waals surface area contributed by atoms with Gasteiger partial charge in [0.05, 0.1) is 5.38 Å². The first-order valence-electron chi connectivity index (χ1n) is 2.65. The van der Waals surface area contributed by atoms with E-state index in [1.54, 1.807) is 0 Å². The maximum Gasteiger partial charge on any atom is 0.0895 e. The Morgan fingerprint density at radius 2 is 2.38 bits per heavy atom. The van der Waals surface area contributed by atoms with Crippen LogP contribution in [0.1, 0.15) is 13.3 Å². The van der Waals surface area contributed by atoms with Crippen molar-refractivity contribution in [3.8, 4) is 0 Å². The highest BCUT2D eigenvalue weighted by Crippen LogP contribution is 2.21. The third-order valence-corrected chi connectivity index (χ3v) is 1.34. The summed E-state index contributed by atoms with van der Waals surface area (Å²) in [6, 6.07) is 0. The van der Waals surface area contributed by atoms with Gasteiger partial charge in [-0.15, -0.1) is 11.6 Å². The quantitative estimate of drug-likeness (QED) is 0.469. The molecule has 0 amide bonds. The molecule has 0 saturated heterocycles. The van der Waals surface area contributed by atoms with E-state index < -0.39 is 0 Å². The molecule has 43 valence electrons. The minimum atomic E-state index is 0.902. The Bertz CT molecular complexity index is 133. The summed E-state index contributed by atoms with van der Waals surface area (Å²) in [6.07, 6.45) is 7.03. The van der Waals surface area contributed by atoms with Gasteiger partial charge in [-0.25, -0.2) is 0 Å². The second-order valence-electron chi connectivity index (χ2n) is 1.94. The molecule has 0 atom stereocenters. The van der Waals surface area contributed by atoms with E-state index in [0.717, 1.165) is 11.8 Å². The van der Waals surface area contributed by atoms with Crippen molar-refractivity contribution >= 4 is 11.6 Å². The standard InChI is InChI=1S/C7H8Cl/c1-6-3-2-4-7(8)5-6/h2-3,5H,4H2,1H3. The first-order valence-corrected chi connectivity index (χ1v) is 3.03. The normalized spacial score (nSPS) is 21.0. The summed E-state index contributed by atoms with van der Waals surface area (Å²) < 4.78 is 0. The highest BCUT2D eigenvalue weighted by molar-refractivity contribution is 6.28. The van der Waals surface area contributed by atoms with Crippen LogP contribution in [0.4, 0.5) is 0 Å². The van der Waals surface area contributed by atoms with Gasteiger partial charge in [0, 0.05) is 0 Å². The molecule has 0 saturated carbocycles. The van der Waals surface area contributed by atoms with Gasteiger partial charge in [-0.1, -0.05) is 23.8 Å². The molecule has 1 aliphatic carbocycles. The van der Waals surface area contributed by atoms with Crippen molar-refractivity contribution in [1.82, 2.24) is 0 Å². The number of halogens is 1. The summed E-state index contributed by atoms with van der Waals surface area (Å²) >= 11 is 5.70. The molecule has 0 aliphatic heterocycles. The van der Waals surface area contributed by atoms with Gasteiger partial charge in [0.15, 0.2) is 0 Å². The Labute approximate surface area is 54.8 Å². The van der Waals surface area contributed by atoms with Crippen LogP contribution in [0.2, 0.25) is 0 Å². The van der Waals surface area contributed by atoms with Crippen molar-refractivity contribution in [3.63, 3.8) is 0 Å². The van der Waals surface area contributed by atoms with Crippen LogP contribution in [-0.4, -0.2) is 0 Å². The van der Waals surface area contributed by atoms with E-state index in [4.69, 9.17) is 11.6 Å². The van der Waals surface area contributed by atoms with Gasteiger partial charge in [0.1, 0.15) is 0 Å². The lowest BCUT2D eigenvalue weighted by molar-refractivity contribution is 1.18. The largest absolute Gasteiger partial charge is 0.112 e. The van der Waals surface area contributed by atoms with E-state index >= 15 is 0 Å². The van der Waals surface area contributed by atoms with Crippen LogP contribution in [0.3, 0.4) is 0 Å². The lowest BCUT2D eigenvalue weighted by Crippen LogP contribution is -1.86. The van der Waals surface area contributed by atoms with E-state index in [-0.39, 0.29) is 0 Å². The molecule has 1 heteroatoms. The molecular formula is C7H8Cl. The molecule has 1 radical (unpaired) electrons. The topological polar surface area (TPSA) is 0 Å². The number of allylic oxidation sites excluding steroid dienone is 4. The maximum atomic E-state index is 5.70. The minimum absolute atomic E-state index is 0.902. The Balaban J connectivity index is 2.63. The summed E-state index contributed by atoms with van der Waals surface area (Å²) in [7, 11) is 0. The first kappa shape index (κ1) is 5.90. The molecule has 0 N–H and O–H groups in total. The van der Waals surface area contributed by atoms with Crippen LogP contribution in [0, 0.1) is 5.38 Å². The molecular weight excluding hydrogens is 120 g/mol. The number of hydrogen-bond acceptors (Lipinski definition) is 0. The summed E-state index contributed by atoms with van der Waals surface area (Å²) in [5.41, 5.74) is 1.24. The molecule has 0 heterocycles. The molecule has 1 aliphatic rings. The van der Waals surface area contributed by atoms with Crippen LogP contribution >= 0.6 is 11.6 Å². The van der Waals surface area contributed by atoms with E-state index in [1.807, 2.05) is 13.0 Å². The zero-order valence-corrected chi connectivity index (χ0v) is 5.57. The average Bonchev–Trinajstić information content (AvgIpc) is 1.64. The van der Waals surface area contributed by atoms with Crippen LogP contribution < -0.4 is 0 Å². The second-order valence-corrected chi connectivity index (χ2v) is 2.43. The molecule has 0 aromatic carbocycles. The molecule has 0 unspecified atom stereocenters. The van der Waals surface area contributed by atoms with E-state index in [2.05, 4.69) is 12.2 Å². The summed E-state index contributed by atoms with van der Waals surface area (Å²) in [5, 5.41) is 0.935. The molecule has 0 spiro atoms. The lowest BCUT2D eigenvalue weighted by atomic mass is 10.1. The fraction of sp³-hybridized carbons (Fsp3) is 0.286. The molecule has 0 aromatic rings. The van der Waals surface area contributed by atoms with Crippen molar-refractivity contribution < 1.29 is 0 Å². The number of hydrogen-bond donors (Lipinski definition) is 0. The molecule has 1 rings (SSSR count). The summed E-state index contributed by atoms with van der Waals surface area (Å²) in [5.74, 6) is 0. The van der Waals surface area contributed by atoms with Gasteiger partial charge in [-0.2, -0.15) is 0 Å². The second kappa shape index (κ2) is 2.36. The average molecular weight is 128 g/mol. The molecule has 8 heavy (non-hydrogen) atoms. The van der Waals surface area contributed by atoms with Crippen LogP contribution in [0.15, 0.2) is 23.8 Å². The lowest BCUT2D eigenvalue weighted by Gasteiger charge is -2.04. The minimum Gasteiger partial charge on any atom is -0.112 e. The smallest absolute Gasteiger partial charge is 0.0895 e. The predicted molar refractivity (Wildman–Crippen MR) is 36.6 cm³/mol. The van der Waals surface area contributed by atoms with Gasteiger partial charge in [-0.05, 0) is 13.3 Å². The van der Waals surface area contributed by atoms with Crippen molar-refractivity contribution in [2.45, 2.75) is 13.3 Å². The zero-order valence-electron chi connectivity index (χ0n) is 4.82. The van der Waals surface area contributed by atoms with Gasteiger partial charge in [0.2, 0.25) is 0 Å². The van der Waals surface area contributed by atoms with Crippen molar-refractivity contribution in [2.75, 3.05) is 0 Å². The fourth-order valence-corrected chi connectivity index (χ4v) is 0.973. The Hall–Kier alpha value is -0.230. The van der Waals surface area contributed by atoms with E-state index in [1.165, 1.54) is 5.57 Å². The Morgan fingerprint density at radius 1 is 1.62 bits per heavy atom. The van der Waals surface area contributed by atoms with Crippen LogP contribution in [-0.2, 0) is 0 Å². The number of rotatable bonds is 0. The monoisotopic (exact) mass is 127 g/mol. The van der Waals surface area contributed by atoms with Gasteiger partial charge >= 0.3 is 0 Å². The van der Waals surface area contributed by atoms with Crippen molar-refractivity contribution in [3.05, 3.63) is 29.2 Å². The highest BCUT2D eigenvalue weighted by Gasteiger charge is 2.01. The maximum absolute atomic E-state index is 5.70. The molecule has 0 bridgehead atoms. The predicted octanol–water partition coefficient (Wildman–Crippen LogP) is 2.66. The highest BCUT2D eigenvalue weighted by atomic mass is 35.5. The third kappa shape index (κ3) is 1.38. The molecule has 0 nitrogen and oxygen atoms in total. The van der Waals surface area contributed by atoms with Crippen LogP contribution in [0.5, 0.6) is 0 Å². The van der Waals surface area contributed by atoms with Crippen molar-refractivity contribution in [2.24, 2.45) is 0 Å². The first-order chi connectivity index (χ1) is 3.79. The fourth-order valence-electron chi connectivity index (χ4n) is 0.711. The third-order valence-electron chi connectivity index (χ3n) is 1.08. The summed E-state index contributed by atoms with van der Waals surface area (Å²) in [4.78, 5) is 0. The SMILES string of the molecule is CC1=C[C](Cl)CC=C1.